The van der Waals surface area contributed by atoms with Crippen LogP contribution in [0.1, 0.15) is 26.7 Å². The molecule has 0 aliphatic carbocycles. The Labute approximate surface area is 111 Å². The van der Waals surface area contributed by atoms with Crippen LogP contribution in [0.2, 0.25) is 0 Å². The molecule has 18 heavy (non-hydrogen) atoms. The van der Waals surface area contributed by atoms with Crippen LogP contribution >= 0.6 is 0 Å². The molecule has 1 heterocycles. The number of allylic oxidation sites excluding steroid dienone is 1. The van der Waals surface area contributed by atoms with Crippen LogP contribution in [0.25, 0.3) is 0 Å². The molecule has 0 saturated carbocycles. The Morgan fingerprint density at radius 3 is 2.61 bits per heavy atom. The number of methoxy groups -OCH3 is 1. The maximum absolute atomic E-state index is 9.22. The Morgan fingerprint density at radius 1 is 1.44 bits per heavy atom. The smallest absolute Gasteiger partial charge is 0.0638 e. The summed E-state index contributed by atoms with van der Waals surface area (Å²) in [4.78, 5) is 2.48. The zero-order valence-corrected chi connectivity index (χ0v) is 12.0. The Kier molecular flexibility index (Phi) is 7.51. The van der Waals surface area contributed by atoms with Crippen LogP contribution in [-0.2, 0) is 4.74 Å². The van der Waals surface area contributed by atoms with Gasteiger partial charge >= 0.3 is 0 Å². The fourth-order valence-electron chi connectivity index (χ4n) is 2.28. The van der Waals surface area contributed by atoms with E-state index in [9.17, 15) is 5.11 Å². The van der Waals surface area contributed by atoms with E-state index in [-0.39, 0.29) is 12.6 Å². The quantitative estimate of drug-likeness (QED) is 0.667. The normalized spacial score (nSPS) is 19.8. The fourth-order valence-corrected chi connectivity index (χ4v) is 2.28. The minimum Gasteiger partial charge on any atom is -0.395 e. The molecule has 1 saturated heterocycles. The molecule has 106 valence electrons. The number of aliphatic hydroxyl groups excluding tert-OH is 1. The highest BCUT2D eigenvalue weighted by Crippen LogP contribution is 2.11. The molecule has 0 amide bonds. The summed E-state index contributed by atoms with van der Waals surface area (Å²) in [5.41, 5.74) is 1.38. The molecule has 0 aromatic rings. The first-order valence-corrected chi connectivity index (χ1v) is 6.87. The predicted octanol–water partition coefficient (Wildman–Crippen LogP) is 1.01. The van der Waals surface area contributed by atoms with Crippen molar-refractivity contribution in [1.82, 2.24) is 10.2 Å². The average Bonchev–Trinajstić information content (AvgIpc) is 2.37. The number of piperidine rings is 1. The number of ether oxygens (including phenoxy) is 1. The number of hydrogen-bond donors (Lipinski definition) is 2. The van der Waals surface area contributed by atoms with Gasteiger partial charge in [-0.3, -0.25) is 4.90 Å². The summed E-state index contributed by atoms with van der Waals surface area (Å²) in [5, 5.41) is 12.7. The fraction of sp³-hybridized carbons (Fsp3) is 0.857. The van der Waals surface area contributed by atoms with Gasteiger partial charge in [0.1, 0.15) is 0 Å². The van der Waals surface area contributed by atoms with Crippen LogP contribution in [-0.4, -0.2) is 62.0 Å². The number of likely N-dealkylation sites (tertiary alicyclic amines) is 1. The van der Waals surface area contributed by atoms with Crippen molar-refractivity contribution < 1.29 is 9.84 Å². The zero-order valence-electron chi connectivity index (χ0n) is 12.0. The molecule has 1 unspecified atom stereocenters. The van der Waals surface area contributed by atoms with Gasteiger partial charge < -0.3 is 15.2 Å². The van der Waals surface area contributed by atoms with E-state index in [0.29, 0.717) is 12.6 Å². The van der Waals surface area contributed by atoms with Crippen LogP contribution in [0.15, 0.2) is 11.6 Å². The molecular formula is C14H28N2O2. The molecule has 4 heteroatoms. The lowest BCUT2D eigenvalue weighted by molar-refractivity contribution is 0.111. The average molecular weight is 256 g/mol. The molecular weight excluding hydrogens is 228 g/mol. The molecule has 0 bridgehead atoms. The van der Waals surface area contributed by atoms with E-state index < -0.39 is 0 Å². The molecule has 0 aromatic carbocycles. The second kappa shape index (κ2) is 8.64. The van der Waals surface area contributed by atoms with Crippen LogP contribution in [0.5, 0.6) is 0 Å². The topological polar surface area (TPSA) is 44.7 Å². The largest absolute Gasteiger partial charge is 0.395 e. The van der Waals surface area contributed by atoms with Crippen molar-refractivity contribution in [2.24, 2.45) is 0 Å². The zero-order chi connectivity index (χ0) is 13.4. The molecule has 0 aromatic heterocycles. The predicted molar refractivity (Wildman–Crippen MR) is 74.8 cm³/mol. The highest BCUT2D eigenvalue weighted by atomic mass is 16.5. The van der Waals surface area contributed by atoms with Gasteiger partial charge in [-0.2, -0.15) is 0 Å². The van der Waals surface area contributed by atoms with E-state index in [2.05, 4.69) is 30.1 Å². The lowest BCUT2D eigenvalue weighted by Crippen LogP contribution is -2.48. The van der Waals surface area contributed by atoms with Gasteiger partial charge in [0, 0.05) is 19.7 Å². The van der Waals surface area contributed by atoms with E-state index in [4.69, 9.17) is 4.74 Å². The third kappa shape index (κ3) is 5.96. The number of hydrogen-bond acceptors (Lipinski definition) is 4. The number of nitrogens with one attached hydrogen (secondary N) is 1. The lowest BCUT2D eigenvalue weighted by atomic mass is 10.0. The summed E-state index contributed by atoms with van der Waals surface area (Å²) < 4.78 is 5.08. The maximum atomic E-state index is 9.22. The number of rotatable bonds is 7. The standard InChI is InChI=1S/C14H28N2O2/c1-12(2)4-7-16-8-5-13(6-9-16)15-14(10-17)11-18-3/h4,13-15,17H,5-11H2,1-3H3. The van der Waals surface area contributed by atoms with Crippen LogP contribution in [0.3, 0.4) is 0 Å². The Bertz CT molecular complexity index is 244. The third-order valence-corrected chi connectivity index (χ3v) is 3.40. The van der Waals surface area contributed by atoms with Gasteiger partial charge in [-0.15, -0.1) is 0 Å². The van der Waals surface area contributed by atoms with Gasteiger partial charge in [0.25, 0.3) is 0 Å². The van der Waals surface area contributed by atoms with Gasteiger partial charge in [0.2, 0.25) is 0 Å². The molecule has 1 fully saturated rings. The first-order chi connectivity index (χ1) is 8.65. The molecule has 4 nitrogen and oxygen atoms in total. The Hall–Kier alpha value is -0.420. The van der Waals surface area contributed by atoms with E-state index in [0.717, 1.165) is 32.5 Å². The second-order valence-corrected chi connectivity index (χ2v) is 5.36. The summed E-state index contributed by atoms with van der Waals surface area (Å²) in [6.07, 6.45) is 4.59. The van der Waals surface area contributed by atoms with E-state index in [1.807, 2.05) is 0 Å². The number of aliphatic hydroxyl groups is 1. The van der Waals surface area contributed by atoms with Crippen LogP contribution in [0.4, 0.5) is 0 Å². The molecule has 2 N–H and O–H groups in total. The van der Waals surface area contributed by atoms with Gasteiger partial charge in [0.15, 0.2) is 0 Å². The van der Waals surface area contributed by atoms with Crippen molar-refractivity contribution in [3.05, 3.63) is 11.6 Å². The molecule has 1 atom stereocenters. The van der Waals surface area contributed by atoms with Crippen molar-refractivity contribution in [2.75, 3.05) is 40.0 Å². The molecule has 1 aliphatic rings. The highest BCUT2D eigenvalue weighted by Gasteiger charge is 2.20. The van der Waals surface area contributed by atoms with Crippen molar-refractivity contribution in [3.8, 4) is 0 Å². The molecule has 0 radical (unpaired) electrons. The summed E-state index contributed by atoms with van der Waals surface area (Å²) >= 11 is 0. The highest BCUT2D eigenvalue weighted by molar-refractivity contribution is 4.95. The van der Waals surface area contributed by atoms with Crippen LogP contribution < -0.4 is 5.32 Å². The van der Waals surface area contributed by atoms with Gasteiger partial charge in [-0.1, -0.05) is 11.6 Å². The molecule has 1 aliphatic heterocycles. The van der Waals surface area contributed by atoms with Gasteiger partial charge in [-0.25, -0.2) is 0 Å². The summed E-state index contributed by atoms with van der Waals surface area (Å²) in [5.74, 6) is 0. The monoisotopic (exact) mass is 256 g/mol. The lowest BCUT2D eigenvalue weighted by Gasteiger charge is -2.33. The molecule has 0 spiro atoms. The Balaban J connectivity index is 2.24. The maximum Gasteiger partial charge on any atom is 0.0638 e. The summed E-state index contributed by atoms with van der Waals surface area (Å²) in [7, 11) is 1.67. The van der Waals surface area contributed by atoms with Gasteiger partial charge in [-0.05, 0) is 39.8 Å². The third-order valence-electron chi connectivity index (χ3n) is 3.40. The minimum atomic E-state index is 0.0735. The van der Waals surface area contributed by atoms with E-state index in [1.54, 1.807) is 7.11 Å². The number of nitrogens with zero attached hydrogens (tertiary/aromatic N) is 1. The van der Waals surface area contributed by atoms with Crippen LogP contribution in [0, 0.1) is 0 Å². The summed E-state index contributed by atoms with van der Waals surface area (Å²) in [6.45, 7) is 8.34. The summed E-state index contributed by atoms with van der Waals surface area (Å²) in [6, 6.07) is 0.588. The first-order valence-electron chi connectivity index (χ1n) is 6.87. The van der Waals surface area contributed by atoms with E-state index >= 15 is 0 Å². The Morgan fingerprint density at radius 2 is 2.11 bits per heavy atom. The van der Waals surface area contributed by atoms with Gasteiger partial charge in [0.05, 0.1) is 19.3 Å². The second-order valence-electron chi connectivity index (χ2n) is 5.36. The van der Waals surface area contributed by atoms with Crippen molar-refractivity contribution >= 4 is 0 Å². The minimum absolute atomic E-state index is 0.0735. The van der Waals surface area contributed by atoms with E-state index in [1.165, 1.54) is 5.57 Å². The first kappa shape index (κ1) is 15.6. The van der Waals surface area contributed by atoms with Crippen molar-refractivity contribution in [1.29, 1.82) is 0 Å². The van der Waals surface area contributed by atoms with Crippen molar-refractivity contribution in [2.45, 2.75) is 38.8 Å². The SMILES string of the molecule is COCC(CO)NC1CCN(CC=C(C)C)CC1. The van der Waals surface area contributed by atoms with Crippen molar-refractivity contribution in [3.63, 3.8) is 0 Å². The molecule has 1 rings (SSSR count).